The molecule has 3 aromatic rings. The molecule has 0 aliphatic rings. The van der Waals surface area contributed by atoms with Crippen molar-refractivity contribution in [3.05, 3.63) is 91.4 Å². The number of carbonyl (C=O) groups is 1. The van der Waals surface area contributed by atoms with E-state index in [0.29, 0.717) is 43.8 Å². The molecule has 3 rings (SSSR count). The van der Waals surface area contributed by atoms with E-state index in [2.05, 4.69) is 26.5 Å². The summed E-state index contributed by atoms with van der Waals surface area (Å²) in [4.78, 5) is 12.2. The molecule has 0 aliphatic carbocycles. The maximum absolute atomic E-state index is 12.2. The van der Waals surface area contributed by atoms with E-state index in [9.17, 15) is 4.79 Å². The topological polar surface area (TPSA) is 59.9 Å². The highest BCUT2D eigenvalue weighted by Crippen LogP contribution is 2.37. The average Bonchev–Trinajstić information content (AvgIpc) is 2.75. The second kappa shape index (κ2) is 10.7. The molecule has 1 N–H and O–H groups in total. The maximum Gasteiger partial charge on any atom is 0.271 e. The van der Waals surface area contributed by atoms with Gasteiger partial charge in [0.1, 0.15) is 6.61 Å². The first-order chi connectivity index (χ1) is 14.9. The molecular weight excluding hydrogens is 503 g/mol. The number of carbonyl (C=O) groups excluding carboxylic acids is 1. The molecule has 0 atom stereocenters. The number of rotatable bonds is 7. The van der Waals surface area contributed by atoms with Gasteiger partial charge in [0, 0.05) is 5.56 Å². The first-order valence-corrected chi connectivity index (χ1v) is 10.8. The SMILES string of the molecule is COc1cc(/C=N\NC(=O)c2ccc(Cl)c(Cl)c2)cc(Br)c1OCc1ccccc1C. The van der Waals surface area contributed by atoms with E-state index in [1.54, 1.807) is 25.3 Å². The molecule has 1 amide bonds. The maximum atomic E-state index is 12.2. The van der Waals surface area contributed by atoms with E-state index in [-0.39, 0.29) is 0 Å². The number of methoxy groups -OCH3 is 1. The predicted molar refractivity (Wildman–Crippen MR) is 128 cm³/mol. The standard InChI is InChI=1S/C23H19BrCl2N2O3/c1-14-5-3-4-6-17(14)13-31-22-18(24)9-15(10-21(22)30-2)12-27-28-23(29)16-7-8-19(25)20(26)11-16/h3-12H,13H2,1-2H3,(H,28,29)/b27-12-. The minimum absolute atomic E-state index is 0.299. The lowest BCUT2D eigenvalue weighted by Gasteiger charge is -2.14. The van der Waals surface area contributed by atoms with Crippen molar-refractivity contribution < 1.29 is 14.3 Å². The van der Waals surface area contributed by atoms with Crippen LogP contribution in [0.4, 0.5) is 0 Å². The fraction of sp³-hybridized carbons (Fsp3) is 0.130. The van der Waals surface area contributed by atoms with Crippen molar-refractivity contribution in [3.63, 3.8) is 0 Å². The minimum atomic E-state index is -0.404. The van der Waals surface area contributed by atoms with Gasteiger partial charge in [-0.3, -0.25) is 4.79 Å². The van der Waals surface area contributed by atoms with E-state index in [1.807, 2.05) is 37.3 Å². The van der Waals surface area contributed by atoms with Gasteiger partial charge in [0.25, 0.3) is 5.91 Å². The normalized spacial score (nSPS) is 10.9. The summed E-state index contributed by atoms with van der Waals surface area (Å²) < 4.78 is 12.2. The Morgan fingerprint density at radius 2 is 1.90 bits per heavy atom. The van der Waals surface area contributed by atoms with Crippen LogP contribution in [0.15, 0.2) is 64.2 Å². The summed E-state index contributed by atoms with van der Waals surface area (Å²) in [5.74, 6) is 0.724. The van der Waals surface area contributed by atoms with Gasteiger partial charge in [-0.25, -0.2) is 5.43 Å². The third-order valence-electron chi connectivity index (χ3n) is 4.45. The molecule has 0 heterocycles. The van der Waals surface area contributed by atoms with E-state index >= 15 is 0 Å². The van der Waals surface area contributed by atoms with Gasteiger partial charge in [0.2, 0.25) is 0 Å². The summed E-state index contributed by atoms with van der Waals surface area (Å²) >= 11 is 15.3. The number of nitrogens with one attached hydrogen (secondary N) is 1. The number of hydrogen-bond acceptors (Lipinski definition) is 4. The molecule has 160 valence electrons. The number of hydrazone groups is 1. The second-order valence-corrected chi connectivity index (χ2v) is 8.25. The van der Waals surface area contributed by atoms with Crippen LogP contribution in [0.3, 0.4) is 0 Å². The van der Waals surface area contributed by atoms with Crippen LogP contribution in [0.25, 0.3) is 0 Å². The van der Waals surface area contributed by atoms with E-state index in [0.717, 1.165) is 11.1 Å². The monoisotopic (exact) mass is 520 g/mol. The fourth-order valence-electron chi connectivity index (χ4n) is 2.74. The Hall–Kier alpha value is -2.54. The summed E-state index contributed by atoms with van der Waals surface area (Å²) in [5.41, 5.74) is 5.76. The van der Waals surface area contributed by atoms with Crippen molar-refractivity contribution in [3.8, 4) is 11.5 Å². The highest BCUT2D eigenvalue weighted by atomic mass is 79.9. The van der Waals surface area contributed by atoms with Crippen LogP contribution in [0.5, 0.6) is 11.5 Å². The Morgan fingerprint density at radius 3 is 2.61 bits per heavy atom. The van der Waals surface area contributed by atoms with Crippen LogP contribution in [0, 0.1) is 6.92 Å². The molecule has 0 fully saturated rings. The quantitative estimate of drug-likeness (QED) is 0.288. The summed E-state index contributed by atoms with van der Waals surface area (Å²) in [6.07, 6.45) is 1.51. The highest BCUT2D eigenvalue weighted by Gasteiger charge is 2.12. The molecule has 0 aliphatic heterocycles. The molecule has 8 heteroatoms. The molecule has 0 radical (unpaired) electrons. The van der Waals surface area contributed by atoms with Crippen LogP contribution in [-0.4, -0.2) is 19.2 Å². The van der Waals surface area contributed by atoms with Crippen molar-refractivity contribution >= 4 is 51.3 Å². The van der Waals surface area contributed by atoms with Crippen LogP contribution in [0.1, 0.15) is 27.0 Å². The number of benzene rings is 3. The Balaban J connectivity index is 1.70. The lowest BCUT2D eigenvalue weighted by molar-refractivity contribution is 0.0955. The fourth-order valence-corrected chi connectivity index (χ4v) is 3.62. The third kappa shape index (κ3) is 6.00. The van der Waals surface area contributed by atoms with Crippen LogP contribution >= 0.6 is 39.1 Å². The molecule has 0 saturated carbocycles. The van der Waals surface area contributed by atoms with E-state index in [1.165, 1.54) is 12.3 Å². The molecule has 0 unspecified atom stereocenters. The van der Waals surface area contributed by atoms with Crippen molar-refractivity contribution in [1.29, 1.82) is 0 Å². The lowest BCUT2D eigenvalue weighted by Crippen LogP contribution is -2.17. The zero-order valence-corrected chi connectivity index (χ0v) is 19.9. The lowest BCUT2D eigenvalue weighted by atomic mass is 10.1. The van der Waals surface area contributed by atoms with Gasteiger partial charge in [0.15, 0.2) is 11.5 Å². The van der Waals surface area contributed by atoms with Crippen molar-refractivity contribution in [2.45, 2.75) is 13.5 Å². The number of halogens is 3. The number of hydrogen-bond donors (Lipinski definition) is 1. The Bertz CT molecular complexity index is 1140. The summed E-state index contributed by atoms with van der Waals surface area (Å²) in [6.45, 7) is 2.45. The Morgan fingerprint density at radius 1 is 1.13 bits per heavy atom. The molecule has 0 saturated heterocycles. The molecule has 0 aromatic heterocycles. The van der Waals surface area contributed by atoms with Gasteiger partial charge in [0.05, 0.1) is 27.8 Å². The summed E-state index contributed by atoms with van der Waals surface area (Å²) in [5, 5.41) is 4.68. The molecule has 0 bridgehead atoms. The molecule has 0 spiro atoms. The van der Waals surface area contributed by atoms with Crippen LogP contribution in [0.2, 0.25) is 10.0 Å². The first-order valence-electron chi connectivity index (χ1n) is 9.22. The van der Waals surface area contributed by atoms with Gasteiger partial charge in [-0.15, -0.1) is 0 Å². The Labute approximate surface area is 199 Å². The number of amides is 1. The van der Waals surface area contributed by atoms with E-state index < -0.39 is 5.91 Å². The average molecular weight is 522 g/mol. The summed E-state index contributed by atoms with van der Waals surface area (Å²) in [7, 11) is 1.56. The van der Waals surface area contributed by atoms with Gasteiger partial charge < -0.3 is 9.47 Å². The zero-order valence-electron chi connectivity index (χ0n) is 16.8. The summed E-state index contributed by atoms with van der Waals surface area (Å²) in [6, 6.07) is 16.2. The molecule has 3 aromatic carbocycles. The van der Waals surface area contributed by atoms with Crippen molar-refractivity contribution in [1.82, 2.24) is 5.43 Å². The third-order valence-corrected chi connectivity index (χ3v) is 5.77. The predicted octanol–water partition coefficient (Wildman–Crippen LogP) is 6.42. The van der Waals surface area contributed by atoms with Crippen LogP contribution in [-0.2, 0) is 6.61 Å². The smallest absolute Gasteiger partial charge is 0.271 e. The minimum Gasteiger partial charge on any atom is -0.493 e. The number of nitrogens with zero attached hydrogens (tertiary/aromatic N) is 1. The first kappa shape index (κ1) is 23.1. The second-order valence-electron chi connectivity index (χ2n) is 6.58. The Kier molecular flexibility index (Phi) is 7.96. The van der Waals surface area contributed by atoms with Gasteiger partial charge in [-0.1, -0.05) is 47.5 Å². The number of ether oxygens (including phenoxy) is 2. The largest absolute Gasteiger partial charge is 0.493 e. The van der Waals surface area contributed by atoms with Crippen LogP contribution < -0.4 is 14.9 Å². The number of aryl methyl sites for hydroxylation is 1. The zero-order chi connectivity index (χ0) is 22.4. The van der Waals surface area contributed by atoms with Gasteiger partial charge in [-0.05, 0) is 69.9 Å². The van der Waals surface area contributed by atoms with Gasteiger partial charge >= 0.3 is 0 Å². The van der Waals surface area contributed by atoms with Crippen molar-refractivity contribution in [2.24, 2.45) is 5.10 Å². The highest BCUT2D eigenvalue weighted by molar-refractivity contribution is 9.10. The van der Waals surface area contributed by atoms with Crippen molar-refractivity contribution in [2.75, 3.05) is 7.11 Å². The van der Waals surface area contributed by atoms with Gasteiger partial charge in [-0.2, -0.15) is 5.10 Å². The van der Waals surface area contributed by atoms with E-state index in [4.69, 9.17) is 32.7 Å². The molecule has 5 nitrogen and oxygen atoms in total. The molecule has 31 heavy (non-hydrogen) atoms. The molecular formula is C23H19BrCl2N2O3.